The molecule has 1 fully saturated rings. The highest BCUT2D eigenvalue weighted by Crippen LogP contribution is 2.54. The zero-order valence-electron chi connectivity index (χ0n) is 24.3. The third-order valence-electron chi connectivity index (χ3n) is 8.38. The maximum Gasteiger partial charge on any atom is 0.255 e. The van der Waals surface area contributed by atoms with Gasteiger partial charge in [-0.15, -0.1) is 0 Å². The molecule has 0 spiro atoms. The molecule has 0 heterocycles. The van der Waals surface area contributed by atoms with E-state index in [4.69, 9.17) is 5.73 Å². The predicted octanol–water partition coefficient (Wildman–Crippen LogP) is 1.33. The van der Waals surface area contributed by atoms with Crippen LogP contribution < -0.4 is 16.0 Å². The lowest BCUT2D eigenvalue weighted by molar-refractivity contribution is -0.153. The van der Waals surface area contributed by atoms with Crippen molar-refractivity contribution in [3.63, 3.8) is 0 Å². The molecule has 3 aliphatic carbocycles. The Balaban J connectivity index is 0.00000484. The number of aromatic hydroxyl groups is 1. The number of anilines is 1. The number of hydrogen-bond acceptors (Lipinski definition) is 10. The Morgan fingerprint density at radius 2 is 1.71 bits per heavy atom. The Bertz CT molecular complexity index is 1440. The molecule has 1 aromatic carbocycles. The van der Waals surface area contributed by atoms with Gasteiger partial charge in [-0.05, 0) is 44.5 Å². The van der Waals surface area contributed by atoms with Crippen molar-refractivity contribution in [2.24, 2.45) is 23.0 Å². The molecule has 3 aliphatic rings. The normalized spacial score (nSPS) is 25.4. The van der Waals surface area contributed by atoms with Crippen LogP contribution in [0.25, 0.3) is 5.76 Å². The summed E-state index contributed by atoms with van der Waals surface area (Å²) in [5.41, 5.74) is 2.35. The van der Waals surface area contributed by atoms with Crippen molar-refractivity contribution >= 4 is 34.8 Å². The highest BCUT2D eigenvalue weighted by atomic mass is 16.3. The van der Waals surface area contributed by atoms with E-state index in [0.29, 0.717) is 16.8 Å². The Hall–Kier alpha value is -3.90. The lowest BCUT2D eigenvalue weighted by Gasteiger charge is -2.50. The number of nitrogens with two attached hydrogens (primary N) is 1. The van der Waals surface area contributed by atoms with Gasteiger partial charge in [0, 0.05) is 48.8 Å². The highest BCUT2D eigenvalue weighted by molar-refractivity contribution is 6.24. The van der Waals surface area contributed by atoms with Gasteiger partial charge in [0.1, 0.15) is 22.8 Å². The number of amides is 2. The van der Waals surface area contributed by atoms with E-state index in [1.807, 2.05) is 0 Å². The van der Waals surface area contributed by atoms with Crippen molar-refractivity contribution in [3.8, 4) is 5.75 Å². The molecule has 230 valence electrons. The SMILES string of the molecule is C.CN(C)c1cc(CNC(=O)C(C)(C)C)c(O)c2c1C[C@H]1C[C@H]3[C@H](N(C)C)C(=O)C(C(N)=O)=C(O)[C@@]3(O)C(=O)C1=C2O. The number of aliphatic hydroxyl groups excluding tert-OH is 2. The van der Waals surface area contributed by atoms with E-state index in [0.717, 1.165) is 0 Å². The first kappa shape index (κ1) is 32.6. The molecule has 42 heavy (non-hydrogen) atoms. The van der Waals surface area contributed by atoms with Crippen LogP contribution in [-0.2, 0) is 32.1 Å². The molecule has 1 aromatic rings. The van der Waals surface area contributed by atoms with Crippen LogP contribution in [0.5, 0.6) is 5.75 Å². The van der Waals surface area contributed by atoms with Crippen LogP contribution in [0, 0.1) is 17.3 Å². The number of carbonyl (C=O) groups is 4. The number of likely N-dealkylation sites (N-methyl/N-ethyl adjacent to an activating group) is 1. The number of aliphatic hydroxyl groups is 3. The van der Waals surface area contributed by atoms with Gasteiger partial charge in [0.15, 0.2) is 11.4 Å². The Morgan fingerprint density at radius 1 is 1.12 bits per heavy atom. The van der Waals surface area contributed by atoms with Crippen LogP contribution in [0.4, 0.5) is 5.69 Å². The number of nitrogens with one attached hydrogen (secondary N) is 1. The fourth-order valence-electron chi connectivity index (χ4n) is 6.32. The van der Waals surface area contributed by atoms with Crippen LogP contribution in [0.1, 0.15) is 51.3 Å². The molecule has 1 saturated carbocycles. The molecule has 2 amide bonds. The van der Waals surface area contributed by atoms with Gasteiger partial charge in [0.05, 0.1) is 11.6 Å². The summed E-state index contributed by atoms with van der Waals surface area (Å²) in [6.45, 7) is 5.18. The predicted molar refractivity (Wildman–Crippen MR) is 157 cm³/mol. The molecule has 0 unspecified atom stereocenters. The molecule has 7 N–H and O–H groups in total. The maximum absolute atomic E-state index is 14.0. The zero-order chi connectivity index (χ0) is 30.9. The van der Waals surface area contributed by atoms with Gasteiger partial charge in [-0.2, -0.15) is 0 Å². The van der Waals surface area contributed by atoms with Gasteiger partial charge in [0.2, 0.25) is 11.7 Å². The number of fused-ring (bicyclic) bond motifs is 3. The average molecular weight is 587 g/mol. The van der Waals surface area contributed by atoms with Gasteiger partial charge in [-0.1, -0.05) is 28.2 Å². The molecule has 0 aliphatic heterocycles. The number of benzene rings is 1. The van der Waals surface area contributed by atoms with E-state index in [-0.39, 0.29) is 49.6 Å². The topological polar surface area (TPSA) is 194 Å². The third-order valence-corrected chi connectivity index (χ3v) is 8.38. The summed E-state index contributed by atoms with van der Waals surface area (Å²) in [6.07, 6.45) is 0.174. The second-order valence-corrected chi connectivity index (χ2v) is 12.5. The second-order valence-electron chi connectivity index (χ2n) is 12.5. The highest BCUT2D eigenvalue weighted by Gasteiger charge is 2.64. The van der Waals surface area contributed by atoms with E-state index < -0.39 is 63.5 Å². The van der Waals surface area contributed by atoms with Crippen LogP contribution in [0.2, 0.25) is 0 Å². The third kappa shape index (κ3) is 4.72. The summed E-state index contributed by atoms with van der Waals surface area (Å²) >= 11 is 0. The minimum atomic E-state index is -2.71. The van der Waals surface area contributed by atoms with E-state index in [1.54, 1.807) is 59.9 Å². The standard InChI is InChI=1S/C29H38N4O8.CH4/c1-28(2,3)27(40)31-11-13-10-16(32(4)5)14-8-12-9-15-20(33(6)7)23(36)19(26(30)39)25(38)29(15,41)24(37)17(12)22(35)18(14)21(13)34;/h10,12,15,20,34-35,38,41H,8-9,11H2,1-7H3,(H2,30,39)(H,31,40);1H4/t12-,15-,20-,29-;/m0./s1. The summed E-state index contributed by atoms with van der Waals surface area (Å²) in [5.74, 6) is -7.30. The van der Waals surface area contributed by atoms with Crippen molar-refractivity contribution in [2.45, 2.75) is 59.2 Å². The van der Waals surface area contributed by atoms with Crippen molar-refractivity contribution < 1.29 is 39.6 Å². The quantitative estimate of drug-likeness (QED) is 0.274. The lowest BCUT2D eigenvalue weighted by Crippen LogP contribution is -2.65. The number of phenolic OH excluding ortho intramolecular Hbond substituents is 1. The van der Waals surface area contributed by atoms with E-state index in [1.165, 1.54) is 4.90 Å². The fourth-order valence-corrected chi connectivity index (χ4v) is 6.32. The smallest absolute Gasteiger partial charge is 0.255 e. The first-order chi connectivity index (χ1) is 18.8. The zero-order valence-corrected chi connectivity index (χ0v) is 24.3. The average Bonchev–Trinajstić information content (AvgIpc) is 2.84. The van der Waals surface area contributed by atoms with E-state index >= 15 is 0 Å². The molecule has 0 bridgehead atoms. The lowest BCUT2D eigenvalue weighted by atomic mass is 9.57. The van der Waals surface area contributed by atoms with Crippen molar-refractivity contribution in [1.29, 1.82) is 0 Å². The number of primary amides is 1. The van der Waals surface area contributed by atoms with Crippen molar-refractivity contribution in [2.75, 3.05) is 33.1 Å². The molecular formula is C30H42N4O8. The number of hydrogen-bond donors (Lipinski definition) is 6. The first-order valence-electron chi connectivity index (χ1n) is 13.3. The van der Waals surface area contributed by atoms with Gasteiger partial charge in [-0.3, -0.25) is 24.1 Å². The molecule has 4 rings (SSSR count). The monoisotopic (exact) mass is 586 g/mol. The van der Waals surface area contributed by atoms with E-state index in [9.17, 15) is 39.6 Å². The van der Waals surface area contributed by atoms with Crippen LogP contribution >= 0.6 is 0 Å². The summed E-state index contributed by atoms with van der Waals surface area (Å²) in [7, 11) is 6.66. The Morgan fingerprint density at radius 3 is 2.21 bits per heavy atom. The minimum Gasteiger partial charge on any atom is -0.508 e. The molecular weight excluding hydrogens is 544 g/mol. The fraction of sp³-hybridized carbons (Fsp3) is 0.533. The number of nitrogens with zero attached hydrogens (tertiary/aromatic N) is 2. The number of Topliss-reactive ketones (excluding diaryl/α,β-unsaturated/α-hetero) is 2. The summed E-state index contributed by atoms with van der Waals surface area (Å²) in [6, 6.07) is 0.555. The second kappa shape index (κ2) is 10.7. The number of phenols is 1. The van der Waals surface area contributed by atoms with Gasteiger partial charge >= 0.3 is 0 Å². The molecule has 12 nitrogen and oxygen atoms in total. The summed E-state index contributed by atoms with van der Waals surface area (Å²) in [5, 5.41) is 48.4. The first-order valence-corrected chi connectivity index (χ1v) is 13.3. The van der Waals surface area contributed by atoms with E-state index in [2.05, 4.69) is 5.32 Å². The van der Waals surface area contributed by atoms with Gasteiger partial charge in [0.25, 0.3) is 5.91 Å². The summed E-state index contributed by atoms with van der Waals surface area (Å²) < 4.78 is 0. The molecule has 0 saturated heterocycles. The molecule has 0 radical (unpaired) electrons. The van der Waals surface area contributed by atoms with Crippen LogP contribution in [0.3, 0.4) is 0 Å². The minimum absolute atomic E-state index is 0. The number of rotatable bonds is 5. The largest absolute Gasteiger partial charge is 0.508 e. The molecule has 12 heteroatoms. The Kier molecular flexibility index (Phi) is 8.34. The summed E-state index contributed by atoms with van der Waals surface area (Å²) in [4.78, 5) is 55.2. The number of carbonyl (C=O) groups excluding carboxylic acids is 4. The molecule has 0 aromatic heterocycles. The van der Waals surface area contributed by atoms with Crippen LogP contribution in [0.15, 0.2) is 23.0 Å². The van der Waals surface area contributed by atoms with Crippen molar-refractivity contribution in [1.82, 2.24) is 10.2 Å². The maximum atomic E-state index is 14.0. The van der Waals surface area contributed by atoms with Crippen molar-refractivity contribution in [3.05, 3.63) is 39.7 Å². The number of ketones is 2. The van der Waals surface area contributed by atoms with Gasteiger partial charge < -0.3 is 36.4 Å². The van der Waals surface area contributed by atoms with Crippen LogP contribution in [-0.4, -0.2) is 88.5 Å². The Labute approximate surface area is 245 Å². The molecule has 4 atom stereocenters. The van der Waals surface area contributed by atoms with Gasteiger partial charge in [-0.25, -0.2) is 0 Å².